The minimum Gasteiger partial charge on any atom is -0.480 e. The maximum Gasteiger partial charge on any atom is 0.326 e. The summed E-state index contributed by atoms with van der Waals surface area (Å²) < 4.78 is 5.12. The smallest absolute Gasteiger partial charge is 0.326 e. The van der Waals surface area contributed by atoms with Gasteiger partial charge in [0.15, 0.2) is 11.5 Å². The van der Waals surface area contributed by atoms with Crippen LogP contribution in [0.25, 0.3) is 10.6 Å². The highest BCUT2D eigenvalue weighted by Crippen LogP contribution is 2.27. The summed E-state index contributed by atoms with van der Waals surface area (Å²) in [5, 5.41) is 24.2. The number of β-amino-alcohol motifs (C(OH)–C–C–N with tert-alkyl or cyclic N) is 1. The van der Waals surface area contributed by atoms with Gasteiger partial charge in [-0.2, -0.15) is 0 Å². The van der Waals surface area contributed by atoms with E-state index in [0.29, 0.717) is 5.76 Å². The van der Waals surface area contributed by atoms with Crippen LogP contribution in [-0.2, 0) is 4.79 Å². The molecule has 0 spiro atoms. The Morgan fingerprint density at radius 1 is 1.48 bits per heavy atom. The van der Waals surface area contributed by atoms with Gasteiger partial charge >= 0.3 is 5.97 Å². The van der Waals surface area contributed by atoms with Crippen LogP contribution in [0.5, 0.6) is 0 Å². The molecule has 0 radical (unpaired) electrons. The van der Waals surface area contributed by atoms with Crippen LogP contribution in [0.15, 0.2) is 28.1 Å². The van der Waals surface area contributed by atoms with Crippen molar-refractivity contribution in [1.29, 1.82) is 0 Å². The number of rotatable bonds is 3. The Morgan fingerprint density at radius 2 is 2.29 bits per heavy atom. The molecule has 1 saturated heterocycles. The summed E-state index contributed by atoms with van der Waals surface area (Å²) in [5.41, 5.74) is 0.0405. The first-order valence-electron chi connectivity index (χ1n) is 6.28. The van der Waals surface area contributed by atoms with Gasteiger partial charge in [-0.25, -0.2) is 4.79 Å². The fraction of sp³-hybridized carbons (Fsp3) is 0.308. The Labute approximate surface area is 123 Å². The molecule has 2 N–H and O–H groups in total. The summed E-state index contributed by atoms with van der Waals surface area (Å²) in [5.74, 6) is -1.23. The molecular weight excluding hydrogens is 296 g/mol. The molecule has 8 heteroatoms. The third-order valence-electron chi connectivity index (χ3n) is 3.32. The molecule has 2 atom stereocenters. The van der Waals surface area contributed by atoms with Crippen molar-refractivity contribution < 1.29 is 24.3 Å². The number of carboxylic acid groups (broad SMARTS) is 1. The molecule has 2 aromatic rings. The van der Waals surface area contributed by atoms with Crippen LogP contribution in [-0.4, -0.2) is 50.8 Å². The summed E-state index contributed by atoms with van der Waals surface area (Å²) in [6.45, 7) is -0.0169. The van der Waals surface area contributed by atoms with E-state index >= 15 is 0 Å². The second-order valence-corrected chi connectivity index (χ2v) is 5.70. The van der Waals surface area contributed by atoms with Crippen LogP contribution < -0.4 is 0 Å². The van der Waals surface area contributed by atoms with Crippen molar-refractivity contribution in [3.05, 3.63) is 29.3 Å². The van der Waals surface area contributed by atoms with Crippen molar-refractivity contribution in [2.45, 2.75) is 18.6 Å². The molecule has 7 nitrogen and oxygen atoms in total. The SMILES string of the molecule is O=C(O)C1CC(O)CN1C(=O)c1cc(-c2cccs2)on1. The second kappa shape index (κ2) is 5.30. The molecule has 2 aromatic heterocycles. The van der Waals surface area contributed by atoms with Crippen LogP contribution in [0.1, 0.15) is 16.9 Å². The minimum absolute atomic E-state index is 0.0169. The van der Waals surface area contributed by atoms with Gasteiger partial charge in [0.05, 0.1) is 11.0 Å². The van der Waals surface area contributed by atoms with Crippen LogP contribution in [0, 0.1) is 0 Å². The highest BCUT2D eigenvalue weighted by Gasteiger charge is 2.40. The molecule has 1 fully saturated rings. The molecule has 1 amide bonds. The van der Waals surface area contributed by atoms with Gasteiger partial charge in [0.25, 0.3) is 5.91 Å². The average Bonchev–Trinajstić information content (AvgIpc) is 3.17. The zero-order valence-electron chi connectivity index (χ0n) is 10.8. The van der Waals surface area contributed by atoms with Gasteiger partial charge in [0.2, 0.25) is 0 Å². The van der Waals surface area contributed by atoms with Crippen LogP contribution in [0.2, 0.25) is 0 Å². The van der Waals surface area contributed by atoms with Crippen LogP contribution in [0.3, 0.4) is 0 Å². The quantitative estimate of drug-likeness (QED) is 0.878. The summed E-state index contributed by atoms with van der Waals surface area (Å²) in [6, 6.07) is 4.13. The molecule has 2 unspecified atom stereocenters. The number of amides is 1. The standard InChI is InChI=1S/C13H12N2O5S/c16-7-4-9(13(18)19)15(6-7)12(17)8-5-10(20-14-8)11-2-1-3-21-11/h1-3,5,7,9,16H,4,6H2,(H,18,19). The number of carboxylic acids is 1. The lowest BCUT2D eigenvalue weighted by atomic mass is 10.2. The first-order valence-corrected chi connectivity index (χ1v) is 7.16. The Balaban J connectivity index is 1.83. The third-order valence-corrected chi connectivity index (χ3v) is 4.20. The number of carbonyl (C=O) groups is 2. The number of hydrogen-bond acceptors (Lipinski definition) is 6. The number of aliphatic carboxylic acids is 1. The van der Waals surface area contributed by atoms with E-state index in [1.54, 1.807) is 0 Å². The van der Waals surface area contributed by atoms with E-state index in [-0.39, 0.29) is 18.7 Å². The van der Waals surface area contributed by atoms with E-state index in [1.807, 2.05) is 17.5 Å². The Kier molecular flexibility index (Phi) is 3.48. The molecular formula is C13H12N2O5S. The monoisotopic (exact) mass is 308 g/mol. The van der Waals surface area contributed by atoms with Crippen LogP contribution >= 0.6 is 11.3 Å². The number of aliphatic hydroxyl groups is 1. The summed E-state index contributed by atoms with van der Waals surface area (Å²) in [6.07, 6.45) is -0.810. The zero-order chi connectivity index (χ0) is 15.0. The van der Waals surface area contributed by atoms with E-state index in [9.17, 15) is 14.7 Å². The van der Waals surface area contributed by atoms with Crippen molar-refractivity contribution in [1.82, 2.24) is 10.1 Å². The summed E-state index contributed by atoms with van der Waals surface area (Å²) in [4.78, 5) is 25.4. The zero-order valence-corrected chi connectivity index (χ0v) is 11.6. The first kappa shape index (κ1) is 13.8. The van der Waals surface area contributed by atoms with E-state index in [1.165, 1.54) is 17.4 Å². The first-order chi connectivity index (χ1) is 10.1. The number of aromatic nitrogens is 1. The number of nitrogens with zero attached hydrogens (tertiary/aromatic N) is 2. The number of hydrogen-bond donors (Lipinski definition) is 2. The Morgan fingerprint density at radius 3 is 2.95 bits per heavy atom. The minimum atomic E-state index is -1.14. The molecule has 0 bridgehead atoms. The normalized spacial score (nSPS) is 21.7. The Bertz CT molecular complexity index is 666. The Hall–Kier alpha value is -2.19. The molecule has 0 aromatic carbocycles. The molecule has 110 valence electrons. The molecule has 0 aliphatic carbocycles. The number of thiophene rings is 1. The molecule has 21 heavy (non-hydrogen) atoms. The highest BCUT2D eigenvalue weighted by molar-refractivity contribution is 7.13. The molecule has 3 heterocycles. The largest absolute Gasteiger partial charge is 0.480 e. The van der Waals surface area contributed by atoms with E-state index in [4.69, 9.17) is 9.63 Å². The highest BCUT2D eigenvalue weighted by atomic mass is 32.1. The maximum absolute atomic E-state index is 12.3. The maximum atomic E-state index is 12.3. The van der Waals surface area contributed by atoms with Crippen LogP contribution in [0.4, 0.5) is 0 Å². The van der Waals surface area contributed by atoms with Gasteiger partial charge in [0, 0.05) is 19.0 Å². The molecule has 1 aliphatic rings. The third kappa shape index (κ3) is 2.55. The van der Waals surface area contributed by atoms with Crippen molar-refractivity contribution >= 4 is 23.2 Å². The van der Waals surface area contributed by atoms with Crippen molar-refractivity contribution in [2.75, 3.05) is 6.54 Å². The predicted molar refractivity (Wildman–Crippen MR) is 72.9 cm³/mol. The topological polar surface area (TPSA) is 104 Å². The van der Waals surface area contributed by atoms with Gasteiger partial charge in [0.1, 0.15) is 6.04 Å². The summed E-state index contributed by atoms with van der Waals surface area (Å²) in [7, 11) is 0. The predicted octanol–water partition coefficient (Wildman–Crippen LogP) is 1.06. The van der Waals surface area contributed by atoms with Gasteiger partial charge < -0.3 is 19.6 Å². The van der Waals surface area contributed by atoms with Gasteiger partial charge in [-0.1, -0.05) is 11.2 Å². The average molecular weight is 308 g/mol. The fourth-order valence-corrected chi connectivity index (χ4v) is 3.00. The lowest BCUT2D eigenvalue weighted by Crippen LogP contribution is -2.40. The second-order valence-electron chi connectivity index (χ2n) is 4.75. The molecule has 3 rings (SSSR count). The van der Waals surface area contributed by atoms with Crippen molar-refractivity contribution in [2.24, 2.45) is 0 Å². The number of aliphatic hydroxyl groups excluding tert-OH is 1. The van der Waals surface area contributed by atoms with Gasteiger partial charge in [-0.05, 0) is 11.4 Å². The summed E-state index contributed by atoms with van der Waals surface area (Å²) >= 11 is 1.45. The number of carbonyl (C=O) groups excluding carboxylic acids is 1. The lowest BCUT2D eigenvalue weighted by Gasteiger charge is -2.19. The van der Waals surface area contributed by atoms with Gasteiger partial charge in [-0.3, -0.25) is 4.79 Å². The van der Waals surface area contributed by atoms with Crippen molar-refractivity contribution in [3.63, 3.8) is 0 Å². The number of likely N-dealkylation sites (tertiary alicyclic amines) is 1. The molecule has 1 aliphatic heterocycles. The van der Waals surface area contributed by atoms with E-state index < -0.39 is 24.0 Å². The van der Waals surface area contributed by atoms with Gasteiger partial charge in [-0.15, -0.1) is 11.3 Å². The fourth-order valence-electron chi connectivity index (χ4n) is 2.33. The molecule has 0 saturated carbocycles. The van der Waals surface area contributed by atoms with E-state index in [2.05, 4.69) is 5.16 Å². The van der Waals surface area contributed by atoms with Crippen molar-refractivity contribution in [3.8, 4) is 10.6 Å². The lowest BCUT2D eigenvalue weighted by molar-refractivity contribution is -0.141. The van der Waals surface area contributed by atoms with E-state index in [0.717, 1.165) is 9.78 Å².